The van der Waals surface area contributed by atoms with Crippen LogP contribution in [0.4, 0.5) is 0 Å². The first-order chi connectivity index (χ1) is 12.7. The summed E-state index contributed by atoms with van der Waals surface area (Å²) in [6.45, 7) is 7.06. The van der Waals surface area contributed by atoms with Crippen molar-refractivity contribution in [2.45, 2.75) is 71.6 Å². The second-order valence-electron chi connectivity index (χ2n) is 7.50. The van der Waals surface area contributed by atoms with Crippen LogP contribution in [0.25, 0.3) is 0 Å². The first-order valence-electron chi connectivity index (χ1n) is 10.2. The smallest absolute Gasteiger partial charge is 0.191 e. The maximum Gasteiger partial charge on any atom is 0.191 e. The summed E-state index contributed by atoms with van der Waals surface area (Å²) in [7, 11) is 0. The van der Waals surface area contributed by atoms with Gasteiger partial charge in [0, 0.05) is 37.3 Å². The summed E-state index contributed by atoms with van der Waals surface area (Å²) >= 11 is 1.76. The van der Waals surface area contributed by atoms with Crippen LogP contribution in [0.3, 0.4) is 0 Å². The minimum Gasteiger partial charge on any atom is -0.396 e. The monoisotopic (exact) mass is 508 g/mol. The third-order valence-electron chi connectivity index (χ3n) is 5.25. The average Bonchev–Trinajstić information content (AvgIpc) is 3.05. The third kappa shape index (κ3) is 9.09. The van der Waals surface area contributed by atoms with E-state index in [-0.39, 0.29) is 36.0 Å². The molecule has 5 nitrogen and oxygen atoms in total. The van der Waals surface area contributed by atoms with Crippen molar-refractivity contribution >= 4 is 41.3 Å². The van der Waals surface area contributed by atoms with Crippen LogP contribution in [-0.2, 0) is 6.42 Å². The number of rotatable bonds is 10. The van der Waals surface area contributed by atoms with Gasteiger partial charge >= 0.3 is 0 Å². The fourth-order valence-electron chi connectivity index (χ4n) is 3.74. The van der Waals surface area contributed by atoms with Gasteiger partial charge in [0.2, 0.25) is 0 Å². The number of halogens is 1. The number of aliphatic hydroxyl groups is 1. The largest absolute Gasteiger partial charge is 0.396 e. The van der Waals surface area contributed by atoms with Crippen LogP contribution >= 0.6 is 35.3 Å². The predicted molar refractivity (Wildman–Crippen MR) is 126 cm³/mol. The highest BCUT2D eigenvalue weighted by Crippen LogP contribution is 2.39. The molecule has 27 heavy (non-hydrogen) atoms. The Bertz CT molecular complexity index is 538. The van der Waals surface area contributed by atoms with Crippen molar-refractivity contribution in [2.75, 3.05) is 26.2 Å². The lowest BCUT2D eigenvalue weighted by molar-refractivity contribution is 0.137. The van der Waals surface area contributed by atoms with Crippen LogP contribution in [0, 0.1) is 12.3 Å². The van der Waals surface area contributed by atoms with Crippen LogP contribution in [0.1, 0.15) is 69.0 Å². The Morgan fingerprint density at radius 1 is 1.26 bits per heavy atom. The molecule has 0 unspecified atom stereocenters. The molecule has 156 valence electrons. The van der Waals surface area contributed by atoms with Crippen LogP contribution in [0.15, 0.2) is 10.4 Å². The maximum atomic E-state index is 9.46. The molecular weight excluding hydrogens is 471 g/mol. The number of nitrogens with one attached hydrogen (secondary N) is 2. The molecule has 0 amide bonds. The molecule has 0 aliphatic heterocycles. The molecule has 1 aliphatic carbocycles. The van der Waals surface area contributed by atoms with Crippen molar-refractivity contribution in [2.24, 2.45) is 10.4 Å². The molecule has 7 heteroatoms. The number of aliphatic hydroxyl groups excluding tert-OH is 1. The standard InChI is InChI=1S/C20H36N4OS.HI/c1-3-21-19(22-13-8-5-9-18-24-17(2)15-26-18)23-16-20(12-14-25)10-6-4-7-11-20;/h15,25H,3-14,16H2,1-2H3,(H2,21,22,23);1H. The SMILES string of the molecule is CCNC(=NCC1(CCO)CCCCC1)NCCCCc1nc(C)cs1.I. The minimum atomic E-state index is 0. The molecule has 1 heterocycles. The van der Waals surface area contributed by atoms with E-state index < -0.39 is 0 Å². The molecule has 0 atom stereocenters. The Morgan fingerprint density at radius 3 is 2.67 bits per heavy atom. The Balaban J connectivity index is 0.00000364. The average molecular weight is 509 g/mol. The first-order valence-corrected chi connectivity index (χ1v) is 11.1. The molecule has 0 aromatic carbocycles. The summed E-state index contributed by atoms with van der Waals surface area (Å²) in [5.74, 6) is 0.917. The number of hydrogen-bond acceptors (Lipinski definition) is 4. The van der Waals surface area contributed by atoms with E-state index in [1.807, 2.05) is 0 Å². The van der Waals surface area contributed by atoms with Crippen molar-refractivity contribution in [1.82, 2.24) is 15.6 Å². The predicted octanol–water partition coefficient (Wildman–Crippen LogP) is 4.28. The van der Waals surface area contributed by atoms with Gasteiger partial charge < -0.3 is 15.7 Å². The minimum absolute atomic E-state index is 0. The number of guanidine groups is 1. The van der Waals surface area contributed by atoms with Crippen molar-refractivity contribution in [3.63, 3.8) is 0 Å². The lowest BCUT2D eigenvalue weighted by atomic mass is 9.72. The molecule has 1 aliphatic rings. The Kier molecular flexibility index (Phi) is 12.5. The fourth-order valence-corrected chi connectivity index (χ4v) is 4.56. The van der Waals surface area contributed by atoms with E-state index in [1.54, 1.807) is 11.3 Å². The number of aromatic nitrogens is 1. The van der Waals surface area contributed by atoms with Crippen LogP contribution in [-0.4, -0.2) is 42.3 Å². The summed E-state index contributed by atoms with van der Waals surface area (Å²) < 4.78 is 0. The van der Waals surface area contributed by atoms with Crippen LogP contribution in [0.5, 0.6) is 0 Å². The molecule has 0 saturated heterocycles. The van der Waals surface area contributed by atoms with E-state index in [1.165, 1.54) is 37.1 Å². The molecule has 3 N–H and O–H groups in total. The van der Waals surface area contributed by atoms with E-state index in [0.717, 1.165) is 57.0 Å². The van der Waals surface area contributed by atoms with E-state index in [0.29, 0.717) is 0 Å². The second-order valence-corrected chi connectivity index (χ2v) is 8.44. The number of aliphatic imine (C=N–C) groups is 1. The molecule has 0 spiro atoms. The van der Waals surface area contributed by atoms with Crippen LogP contribution < -0.4 is 10.6 Å². The van der Waals surface area contributed by atoms with Gasteiger partial charge in [-0.05, 0) is 57.8 Å². The summed E-state index contributed by atoms with van der Waals surface area (Å²) in [5, 5.41) is 19.7. The number of hydrogen-bond donors (Lipinski definition) is 3. The van der Waals surface area contributed by atoms with Crippen molar-refractivity contribution in [3.05, 3.63) is 16.1 Å². The van der Waals surface area contributed by atoms with Gasteiger partial charge in [-0.1, -0.05) is 19.3 Å². The van der Waals surface area contributed by atoms with E-state index in [4.69, 9.17) is 4.99 Å². The molecule has 0 radical (unpaired) electrons. The molecule has 1 fully saturated rings. The third-order valence-corrected chi connectivity index (χ3v) is 6.28. The molecule has 0 bridgehead atoms. The quantitative estimate of drug-likeness (QED) is 0.191. The van der Waals surface area contributed by atoms with E-state index in [2.05, 4.69) is 34.8 Å². The van der Waals surface area contributed by atoms with Gasteiger partial charge in [-0.2, -0.15) is 0 Å². The summed E-state index contributed by atoms with van der Waals surface area (Å²) in [6, 6.07) is 0. The Morgan fingerprint density at radius 2 is 2.04 bits per heavy atom. The lowest BCUT2D eigenvalue weighted by Gasteiger charge is -2.35. The van der Waals surface area contributed by atoms with Gasteiger partial charge in [0.05, 0.1) is 5.01 Å². The van der Waals surface area contributed by atoms with Crippen molar-refractivity contribution in [3.8, 4) is 0 Å². The maximum absolute atomic E-state index is 9.46. The van der Waals surface area contributed by atoms with Crippen molar-refractivity contribution in [1.29, 1.82) is 0 Å². The van der Waals surface area contributed by atoms with Crippen molar-refractivity contribution < 1.29 is 5.11 Å². The zero-order chi connectivity index (χ0) is 18.7. The number of nitrogens with zero attached hydrogens (tertiary/aromatic N) is 2. The normalized spacial score (nSPS) is 16.6. The zero-order valence-electron chi connectivity index (χ0n) is 16.9. The zero-order valence-corrected chi connectivity index (χ0v) is 20.1. The number of unbranched alkanes of at least 4 members (excludes halogenated alkanes) is 1. The Hall–Kier alpha value is -0.410. The number of thiazole rings is 1. The van der Waals surface area contributed by atoms with Gasteiger partial charge in [0.1, 0.15) is 0 Å². The molecule has 1 saturated carbocycles. The Labute approximate surface area is 185 Å². The lowest BCUT2D eigenvalue weighted by Crippen LogP contribution is -2.39. The highest BCUT2D eigenvalue weighted by Gasteiger charge is 2.31. The second kappa shape index (κ2) is 13.7. The summed E-state index contributed by atoms with van der Waals surface area (Å²) in [4.78, 5) is 9.38. The van der Waals surface area contributed by atoms with Crippen LogP contribution in [0.2, 0.25) is 0 Å². The number of aryl methyl sites for hydroxylation is 2. The van der Waals surface area contributed by atoms with E-state index >= 15 is 0 Å². The molecule has 2 rings (SSSR count). The van der Waals surface area contributed by atoms with Gasteiger partial charge in [0.25, 0.3) is 0 Å². The van der Waals surface area contributed by atoms with Gasteiger partial charge in [-0.25, -0.2) is 4.98 Å². The van der Waals surface area contributed by atoms with Gasteiger partial charge in [-0.3, -0.25) is 4.99 Å². The summed E-state index contributed by atoms with van der Waals surface area (Å²) in [6.07, 6.45) is 10.5. The topological polar surface area (TPSA) is 69.5 Å². The van der Waals surface area contributed by atoms with Gasteiger partial charge in [-0.15, -0.1) is 35.3 Å². The highest BCUT2D eigenvalue weighted by atomic mass is 127. The highest BCUT2D eigenvalue weighted by molar-refractivity contribution is 14.0. The fraction of sp³-hybridized carbons (Fsp3) is 0.800. The molecule has 1 aromatic heterocycles. The van der Waals surface area contributed by atoms with Gasteiger partial charge in [0.15, 0.2) is 5.96 Å². The molecular formula is C20H37IN4OS. The first kappa shape index (κ1) is 24.6. The van der Waals surface area contributed by atoms with E-state index in [9.17, 15) is 5.11 Å². The molecule has 1 aromatic rings. The summed E-state index contributed by atoms with van der Waals surface area (Å²) in [5.41, 5.74) is 1.34.